The van der Waals surface area contributed by atoms with Crippen LogP contribution in [0, 0.1) is 11.8 Å². The maximum Gasteiger partial charge on any atom is 0.307 e. The zero-order chi connectivity index (χ0) is 13.8. The van der Waals surface area contributed by atoms with Gasteiger partial charge in [0.2, 0.25) is 5.91 Å². The third kappa shape index (κ3) is 4.73. The zero-order valence-electron chi connectivity index (χ0n) is 11.6. The largest absolute Gasteiger partial charge is 0.481 e. The van der Waals surface area contributed by atoms with Gasteiger partial charge in [0, 0.05) is 18.0 Å². The molecule has 0 saturated heterocycles. The lowest BCUT2D eigenvalue weighted by atomic mass is 9.95. The van der Waals surface area contributed by atoms with Gasteiger partial charge < -0.3 is 15.3 Å². The maximum absolute atomic E-state index is 11.8. The molecule has 0 aromatic rings. The van der Waals surface area contributed by atoms with E-state index < -0.39 is 17.8 Å². The van der Waals surface area contributed by atoms with Crippen molar-refractivity contribution in [3.8, 4) is 0 Å². The van der Waals surface area contributed by atoms with E-state index in [1.165, 1.54) is 0 Å². The molecule has 0 aliphatic rings. The van der Waals surface area contributed by atoms with Gasteiger partial charge in [-0.2, -0.15) is 0 Å². The summed E-state index contributed by atoms with van der Waals surface area (Å²) in [5, 5.41) is 11.6. The summed E-state index contributed by atoms with van der Waals surface area (Å²) in [6.45, 7) is 7.70. The number of carbonyl (C=O) groups excluding carboxylic acids is 1. The molecule has 0 radical (unpaired) electrons. The van der Waals surface area contributed by atoms with Crippen molar-refractivity contribution < 1.29 is 14.7 Å². The molecule has 2 unspecified atom stereocenters. The van der Waals surface area contributed by atoms with Gasteiger partial charge in [0.05, 0.1) is 5.92 Å². The lowest BCUT2D eigenvalue weighted by Crippen LogP contribution is -2.49. The summed E-state index contributed by atoms with van der Waals surface area (Å²) in [6, 6.07) is 0. The summed E-state index contributed by atoms with van der Waals surface area (Å²) in [7, 11) is 3.88. The Morgan fingerprint density at radius 2 is 1.71 bits per heavy atom. The van der Waals surface area contributed by atoms with Crippen LogP contribution in [0.25, 0.3) is 0 Å². The van der Waals surface area contributed by atoms with E-state index in [0.717, 1.165) is 0 Å². The van der Waals surface area contributed by atoms with E-state index in [1.807, 2.05) is 32.8 Å². The predicted octanol–water partition coefficient (Wildman–Crippen LogP) is 0.800. The number of hydrogen-bond donors (Lipinski definition) is 2. The molecule has 0 heterocycles. The van der Waals surface area contributed by atoms with E-state index in [0.29, 0.717) is 6.54 Å². The second-order valence-corrected chi connectivity index (χ2v) is 5.34. The molecule has 0 rings (SSSR count). The second-order valence-electron chi connectivity index (χ2n) is 5.34. The van der Waals surface area contributed by atoms with Crippen LogP contribution in [-0.4, -0.2) is 48.1 Å². The van der Waals surface area contributed by atoms with Crippen LogP contribution >= 0.6 is 0 Å². The molecule has 1 amide bonds. The Balaban J connectivity index is 4.33. The molecule has 0 aliphatic carbocycles. The topological polar surface area (TPSA) is 69.6 Å². The number of carboxylic acids is 1. The van der Waals surface area contributed by atoms with E-state index in [-0.39, 0.29) is 11.4 Å². The smallest absolute Gasteiger partial charge is 0.307 e. The Bertz CT molecular complexity index is 287. The number of rotatable bonds is 6. The van der Waals surface area contributed by atoms with Gasteiger partial charge >= 0.3 is 5.97 Å². The van der Waals surface area contributed by atoms with Crippen molar-refractivity contribution in [2.45, 2.75) is 33.2 Å². The van der Waals surface area contributed by atoms with Crippen LogP contribution in [0.15, 0.2) is 0 Å². The molecule has 0 spiro atoms. The van der Waals surface area contributed by atoms with Crippen molar-refractivity contribution in [2.75, 3.05) is 20.6 Å². The summed E-state index contributed by atoms with van der Waals surface area (Å²) in [5.41, 5.74) is -0.151. The first-order valence-electron chi connectivity index (χ1n) is 5.77. The van der Waals surface area contributed by atoms with Crippen LogP contribution in [0.2, 0.25) is 0 Å². The third-order valence-corrected chi connectivity index (χ3v) is 3.46. The number of hydrogen-bond acceptors (Lipinski definition) is 3. The lowest BCUT2D eigenvalue weighted by molar-refractivity contribution is -0.146. The normalized spacial score (nSPS) is 15.5. The minimum atomic E-state index is -0.945. The first-order chi connectivity index (χ1) is 7.59. The highest BCUT2D eigenvalue weighted by molar-refractivity contribution is 5.84. The van der Waals surface area contributed by atoms with E-state index >= 15 is 0 Å². The van der Waals surface area contributed by atoms with Crippen LogP contribution in [0.4, 0.5) is 0 Å². The van der Waals surface area contributed by atoms with Crippen molar-refractivity contribution in [1.29, 1.82) is 0 Å². The van der Waals surface area contributed by atoms with E-state index in [1.54, 1.807) is 13.8 Å². The van der Waals surface area contributed by atoms with Crippen molar-refractivity contribution in [2.24, 2.45) is 11.8 Å². The van der Waals surface area contributed by atoms with Gasteiger partial charge in [0.1, 0.15) is 0 Å². The number of carboxylic acid groups (broad SMARTS) is 1. The quantitative estimate of drug-likeness (QED) is 0.725. The molecule has 5 nitrogen and oxygen atoms in total. The van der Waals surface area contributed by atoms with Crippen molar-refractivity contribution in [1.82, 2.24) is 10.2 Å². The number of likely N-dealkylation sites (N-methyl/N-ethyl adjacent to an activating group) is 1. The first-order valence-corrected chi connectivity index (χ1v) is 5.77. The zero-order valence-corrected chi connectivity index (χ0v) is 11.6. The average molecular weight is 244 g/mol. The van der Waals surface area contributed by atoms with Gasteiger partial charge in [-0.15, -0.1) is 0 Å². The SMILES string of the molecule is CC(C(=O)O)C(C)C(=O)NCC(C)(C)N(C)C. The Hall–Kier alpha value is -1.10. The van der Waals surface area contributed by atoms with Gasteiger partial charge in [0.15, 0.2) is 0 Å². The highest BCUT2D eigenvalue weighted by Gasteiger charge is 2.27. The van der Waals surface area contributed by atoms with E-state index in [2.05, 4.69) is 5.32 Å². The predicted molar refractivity (Wildman–Crippen MR) is 66.7 cm³/mol. The summed E-state index contributed by atoms with van der Waals surface area (Å²) in [4.78, 5) is 24.5. The molecule has 5 heteroatoms. The fraction of sp³-hybridized carbons (Fsp3) is 0.833. The first kappa shape index (κ1) is 15.9. The van der Waals surface area contributed by atoms with Crippen LogP contribution < -0.4 is 5.32 Å². The molecule has 2 atom stereocenters. The number of amides is 1. The molecular weight excluding hydrogens is 220 g/mol. The fourth-order valence-electron chi connectivity index (χ4n) is 1.06. The van der Waals surface area contributed by atoms with Crippen molar-refractivity contribution in [3.05, 3.63) is 0 Å². The number of aliphatic carboxylic acids is 1. The van der Waals surface area contributed by atoms with E-state index in [9.17, 15) is 9.59 Å². The second kappa shape index (κ2) is 6.00. The minimum Gasteiger partial charge on any atom is -0.481 e. The summed E-state index contributed by atoms with van der Waals surface area (Å²) in [5.74, 6) is -2.35. The molecular formula is C12H24N2O3. The van der Waals surface area contributed by atoms with Gasteiger partial charge in [-0.05, 0) is 27.9 Å². The molecule has 100 valence electrons. The molecule has 0 aliphatic heterocycles. The molecule has 0 aromatic heterocycles. The highest BCUT2D eigenvalue weighted by atomic mass is 16.4. The Kier molecular flexibility index (Phi) is 5.61. The summed E-state index contributed by atoms with van der Waals surface area (Å²) >= 11 is 0. The standard InChI is InChI=1S/C12H24N2O3/c1-8(9(2)11(16)17)10(15)13-7-12(3,4)14(5)6/h8-9H,7H2,1-6H3,(H,13,15)(H,16,17). The number of carbonyl (C=O) groups is 2. The molecule has 0 fully saturated rings. The molecule has 0 bridgehead atoms. The van der Waals surface area contributed by atoms with Gasteiger partial charge in [-0.3, -0.25) is 9.59 Å². The molecule has 0 saturated carbocycles. The monoisotopic (exact) mass is 244 g/mol. The van der Waals surface area contributed by atoms with Gasteiger partial charge in [0.25, 0.3) is 0 Å². The minimum absolute atomic E-state index is 0.151. The number of nitrogens with zero attached hydrogens (tertiary/aromatic N) is 1. The summed E-state index contributed by atoms with van der Waals surface area (Å²) < 4.78 is 0. The third-order valence-electron chi connectivity index (χ3n) is 3.46. The van der Waals surface area contributed by atoms with Crippen LogP contribution in [0.3, 0.4) is 0 Å². The van der Waals surface area contributed by atoms with Crippen molar-refractivity contribution in [3.63, 3.8) is 0 Å². The Labute approximate surface area is 103 Å². The molecule has 17 heavy (non-hydrogen) atoms. The van der Waals surface area contributed by atoms with Crippen LogP contribution in [-0.2, 0) is 9.59 Å². The fourth-order valence-corrected chi connectivity index (χ4v) is 1.06. The average Bonchev–Trinajstić information content (AvgIpc) is 2.23. The maximum atomic E-state index is 11.8. The Morgan fingerprint density at radius 3 is 2.06 bits per heavy atom. The van der Waals surface area contributed by atoms with E-state index in [4.69, 9.17) is 5.11 Å². The molecule has 2 N–H and O–H groups in total. The van der Waals surface area contributed by atoms with Crippen LogP contribution in [0.1, 0.15) is 27.7 Å². The highest BCUT2D eigenvalue weighted by Crippen LogP contribution is 2.13. The Morgan fingerprint density at radius 1 is 1.24 bits per heavy atom. The molecule has 0 aromatic carbocycles. The number of nitrogens with one attached hydrogen (secondary N) is 1. The van der Waals surface area contributed by atoms with Gasteiger partial charge in [-0.25, -0.2) is 0 Å². The van der Waals surface area contributed by atoms with Gasteiger partial charge in [-0.1, -0.05) is 13.8 Å². The van der Waals surface area contributed by atoms with Crippen LogP contribution in [0.5, 0.6) is 0 Å². The lowest BCUT2D eigenvalue weighted by Gasteiger charge is -2.33. The summed E-state index contributed by atoms with van der Waals surface area (Å²) in [6.07, 6.45) is 0. The van der Waals surface area contributed by atoms with Crippen molar-refractivity contribution >= 4 is 11.9 Å².